The van der Waals surface area contributed by atoms with Crippen LogP contribution >= 0.6 is 0 Å². The molecule has 1 aromatic rings. The maximum absolute atomic E-state index is 13.6. The molecule has 1 aliphatic rings. The van der Waals surface area contributed by atoms with Crippen LogP contribution in [0.1, 0.15) is 37.6 Å². The first-order valence-corrected chi connectivity index (χ1v) is 7.27. The summed E-state index contributed by atoms with van der Waals surface area (Å²) in [5.41, 5.74) is 0.221. The number of ether oxygens (including phenoxy) is 1. The summed E-state index contributed by atoms with van der Waals surface area (Å²) in [6.45, 7) is 6.72. The number of amides is 1. The zero-order chi connectivity index (χ0) is 16.3. The second-order valence-corrected chi connectivity index (χ2v) is 6.40. The molecule has 1 aromatic carbocycles. The molecule has 1 saturated heterocycles. The van der Waals surface area contributed by atoms with Crippen LogP contribution in [0.5, 0.6) is 0 Å². The smallest absolute Gasteiger partial charge is 0.407 e. The lowest BCUT2D eigenvalue weighted by atomic mass is 10.2. The van der Waals surface area contributed by atoms with Gasteiger partial charge in [-0.25, -0.2) is 9.18 Å². The Balaban J connectivity index is 1.94. The van der Waals surface area contributed by atoms with Crippen molar-refractivity contribution in [1.82, 2.24) is 5.32 Å². The predicted octanol–water partition coefficient (Wildman–Crippen LogP) is 2.74. The first-order chi connectivity index (χ1) is 10.3. The molecule has 1 fully saturated rings. The fourth-order valence-electron chi connectivity index (χ4n) is 2.40. The molecule has 0 aliphatic carbocycles. The Kier molecular flexibility index (Phi) is 4.68. The van der Waals surface area contributed by atoms with Crippen LogP contribution in [-0.4, -0.2) is 37.1 Å². The van der Waals surface area contributed by atoms with Gasteiger partial charge in [0.2, 0.25) is 0 Å². The second-order valence-electron chi connectivity index (χ2n) is 6.40. The van der Waals surface area contributed by atoms with E-state index in [2.05, 4.69) is 5.32 Å². The van der Waals surface area contributed by atoms with Gasteiger partial charge in [-0.2, -0.15) is 0 Å². The minimum absolute atomic E-state index is 0.0383. The van der Waals surface area contributed by atoms with Crippen molar-refractivity contribution in [2.24, 2.45) is 0 Å². The molecular formula is C16H21FN2O3. The van der Waals surface area contributed by atoms with Crippen molar-refractivity contribution in [3.05, 3.63) is 29.6 Å². The third kappa shape index (κ3) is 4.19. The van der Waals surface area contributed by atoms with Gasteiger partial charge in [0, 0.05) is 18.8 Å². The van der Waals surface area contributed by atoms with E-state index < -0.39 is 17.5 Å². The van der Waals surface area contributed by atoms with Gasteiger partial charge in [-0.3, -0.25) is 4.79 Å². The van der Waals surface area contributed by atoms with E-state index in [1.54, 1.807) is 6.07 Å². The lowest BCUT2D eigenvalue weighted by Gasteiger charge is -2.22. The van der Waals surface area contributed by atoms with E-state index in [9.17, 15) is 14.0 Å². The monoisotopic (exact) mass is 308 g/mol. The zero-order valence-electron chi connectivity index (χ0n) is 13.1. The third-order valence-electron chi connectivity index (χ3n) is 3.39. The second kappa shape index (κ2) is 6.34. The molecular weight excluding hydrogens is 287 g/mol. The summed E-state index contributed by atoms with van der Waals surface area (Å²) in [5.74, 6) is -0.531. The van der Waals surface area contributed by atoms with Gasteiger partial charge in [-0.05, 0) is 45.4 Å². The molecule has 6 heteroatoms. The van der Waals surface area contributed by atoms with Crippen molar-refractivity contribution in [1.29, 1.82) is 0 Å². The molecule has 0 spiro atoms. The van der Waals surface area contributed by atoms with E-state index in [-0.39, 0.29) is 11.6 Å². The molecule has 1 unspecified atom stereocenters. The molecule has 1 aliphatic heterocycles. The average molecular weight is 308 g/mol. The Morgan fingerprint density at radius 3 is 2.77 bits per heavy atom. The van der Waals surface area contributed by atoms with E-state index in [0.717, 1.165) is 6.42 Å². The van der Waals surface area contributed by atoms with Crippen molar-refractivity contribution in [3.8, 4) is 0 Å². The highest BCUT2D eigenvalue weighted by molar-refractivity contribution is 5.76. The Morgan fingerprint density at radius 2 is 2.18 bits per heavy atom. The minimum atomic E-state index is -0.532. The van der Waals surface area contributed by atoms with Gasteiger partial charge in [0.15, 0.2) is 6.29 Å². The van der Waals surface area contributed by atoms with Crippen LogP contribution in [0.25, 0.3) is 0 Å². The summed E-state index contributed by atoms with van der Waals surface area (Å²) in [6.07, 6.45) is 0.813. The first kappa shape index (κ1) is 16.3. The number of nitrogens with zero attached hydrogens (tertiary/aromatic N) is 1. The van der Waals surface area contributed by atoms with Crippen LogP contribution in [-0.2, 0) is 4.74 Å². The summed E-state index contributed by atoms with van der Waals surface area (Å²) in [6, 6.07) is 4.48. The molecule has 2 rings (SSSR count). The molecule has 1 N–H and O–H groups in total. The molecule has 22 heavy (non-hydrogen) atoms. The van der Waals surface area contributed by atoms with Crippen LogP contribution in [0.2, 0.25) is 0 Å². The number of aldehydes is 1. The highest BCUT2D eigenvalue weighted by Gasteiger charge is 2.26. The highest BCUT2D eigenvalue weighted by atomic mass is 19.1. The summed E-state index contributed by atoms with van der Waals surface area (Å²) >= 11 is 0. The molecule has 1 amide bonds. The number of anilines is 1. The standard InChI is InChI=1S/C16H21FN2O3/c1-16(2,3)22-15(21)18-12-6-7-19(9-12)13-5-4-11(10-20)14(17)8-13/h4-5,8,10,12H,6-7,9H2,1-3H3,(H,18,21). The van der Waals surface area contributed by atoms with E-state index in [4.69, 9.17) is 4.74 Å². The topological polar surface area (TPSA) is 58.6 Å². The summed E-state index contributed by atoms with van der Waals surface area (Å²) in [4.78, 5) is 24.3. The van der Waals surface area contributed by atoms with Gasteiger partial charge in [0.25, 0.3) is 0 Å². The van der Waals surface area contributed by atoms with Crippen molar-refractivity contribution >= 4 is 18.1 Å². The fraction of sp³-hybridized carbons (Fsp3) is 0.500. The Bertz CT molecular complexity index is 569. The third-order valence-corrected chi connectivity index (χ3v) is 3.39. The van der Waals surface area contributed by atoms with Crippen LogP contribution in [0.3, 0.4) is 0 Å². The quantitative estimate of drug-likeness (QED) is 0.872. The minimum Gasteiger partial charge on any atom is -0.444 e. The lowest BCUT2D eigenvalue weighted by molar-refractivity contribution is 0.0509. The molecule has 1 heterocycles. The van der Waals surface area contributed by atoms with Gasteiger partial charge in [-0.1, -0.05) is 0 Å². The number of rotatable bonds is 3. The number of hydrogen-bond donors (Lipinski definition) is 1. The fourth-order valence-corrected chi connectivity index (χ4v) is 2.40. The van der Waals surface area contributed by atoms with Crippen molar-refractivity contribution in [2.45, 2.75) is 38.8 Å². The first-order valence-electron chi connectivity index (χ1n) is 7.27. The maximum atomic E-state index is 13.6. The van der Waals surface area contributed by atoms with Crippen molar-refractivity contribution in [3.63, 3.8) is 0 Å². The van der Waals surface area contributed by atoms with E-state index in [1.807, 2.05) is 25.7 Å². The number of benzene rings is 1. The number of alkyl carbamates (subject to hydrolysis) is 1. The molecule has 5 nitrogen and oxygen atoms in total. The predicted molar refractivity (Wildman–Crippen MR) is 81.8 cm³/mol. The maximum Gasteiger partial charge on any atom is 0.407 e. The molecule has 1 atom stereocenters. The van der Waals surface area contributed by atoms with Crippen LogP contribution < -0.4 is 10.2 Å². The number of hydrogen-bond acceptors (Lipinski definition) is 4. The number of halogens is 1. The van der Waals surface area contributed by atoms with Crippen LogP contribution in [0, 0.1) is 5.82 Å². The Labute approximate surface area is 129 Å². The number of nitrogens with one attached hydrogen (secondary N) is 1. The van der Waals surface area contributed by atoms with Crippen LogP contribution in [0.15, 0.2) is 18.2 Å². The summed E-state index contributed by atoms with van der Waals surface area (Å²) < 4.78 is 18.9. The summed E-state index contributed by atoms with van der Waals surface area (Å²) in [5, 5.41) is 2.82. The SMILES string of the molecule is CC(C)(C)OC(=O)NC1CCN(c2ccc(C=O)c(F)c2)C1. The van der Waals surface area contributed by atoms with Gasteiger partial charge in [0.1, 0.15) is 11.4 Å². The average Bonchev–Trinajstić information content (AvgIpc) is 2.84. The van der Waals surface area contributed by atoms with Gasteiger partial charge in [-0.15, -0.1) is 0 Å². The number of carbonyl (C=O) groups excluding carboxylic acids is 2. The molecule has 0 aromatic heterocycles. The number of carbonyl (C=O) groups is 2. The molecule has 120 valence electrons. The van der Waals surface area contributed by atoms with E-state index in [0.29, 0.717) is 25.1 Å². The zero-order valence-corrected chi connectivity index (χ0v) is 13.1. The van der Waals surface area contributed by atoms with Crippen LogP contribution in [0.4, 0.5) is 14.9 Å². The molecule has 0 saturated carbocycles. The van der Waals surface area contributed by atoms with Gasteiger partial charge >= 0.3 is 6.09 Å². The van der Waals surface area contributed by atoms with Crippen molar-refractivity contribution in [2.75, 3.05) is 18.0 Å². The largest absolute Gasteiger partial charge is 0.444 e. The molecule has 0 radical (unpaired) electrons. The van der Waals surface area contributed by atoms with E-state index >= 15 is 0 Å². The van der Waals surface area contributed by atoms with Gasteiger partial charge < -0.3 is 15.0 Å². The lowest BCUT2D eigenvalue weighted by Crippen LogP contribution is -2.40. The van der Waals surface area contributed by atoms with Crippen molar-refractivity contribution < 1.29 is 18.7 Å². The highest BCUT2D eigenvalue weighted by Crippen LogP contribution is 2.22. The van der Waals surface area contributed by atoms with Gasteiger partial charge in [0.05, 0.1) is 11.6 Å². The molecule has 0 bridgehead atoms. The Morgan fingerprint density at radius 1 is 1.45 bits per heavy atom. The Hall–Kier alpha value is -2.11. The normalized spacial score (nSPS) is 18.2. The van der Waals surface area contributed by atoms with E-state index in [1.165, 1.54) is 12.1 Å². The summed E-state index contributed by atoms with van der Waals surface area (Å²) in [7, 11) is 0.